The van der Waals surface area contributed by atoms with Gasteiger partial charge in [-0.1, -0.05) is 11.6 Å². The topological polar surface area (TPSA) is 73.3 Å². The minimum absolute atomic E-state index is 0.0817. The predicted octanol–water partition coefficient (Wildman–Crippen LogP) is 2.79. The van der Waals surface area contributed by atoms with Gasteiger partial charge in [-0.25, -0.2) is 4.98 Å². The summed E-state index contributed by atoms with van der Waals surface area (Å²) in [5.74, 6) is 0.715. The van der Waals surface area contributed by atoms with Crippen LogP contribution in [0.4, 0.5) is 5.95 Å². The van der Waals surface area contributed by atoms with Gasteiger partial charge in [0.25, 0.3) is 5.91 Å². The van der Waals surface area contributed by atoms with Crippen LogP contribution in [0.25, 0.3) is 0 Å². The summed E-state index contributed by atoms with van der Waals surface area (Å²) in [4.78, 5) is 20.0. The first-order valence-corrected chi connectivity index (χ1v) is 6.63. The summed E-state index contributed by atoms with van der Waals surface area (Å²) in [5.41, 5.74) is 0.459. The summed E-state index contributed by atoms with van der Waals surface area (Å²) in [6, 6.07) is 8.20. The first-order valence-electron chi connectivity index (χ1n) is 6.25. The van der Waals surface area contributed by atoms with Crippen molar-refractivity contribution in [3.63, 3.8) is 0 Å². The highest BCUT2D eigenvalue weighted by atomic mass is 35.5. The van der Waals surface area contributed by atoms with E-state index in [1.54, 1.807) is 24.3 Å². The molecule has 0 fully saturated rings. The number of hydrogen-bond acceptors (Lipinski definition) is 5. The summed E-state index contributed by atoms with van der Waals surface area (Å²) >= 11 is 5.81. The minimum atomic E-state index is -0.345. The number of anilines is 1. The van der Waals surface area contributed by atoms with E-state index in [2.05, 4.69) is 15.3 Å². The zero-order valence-electron chi connectivity index (χ0n) is 11.6. The Labute approximate surface area is 127 Å². The third-order valence-corrected chi connectivity index (χ3v) is 2.73. The second kappa shape index (κ2) is 6.90. The van der Waals surface area contributed by atoms with Crippen LogP contribution in [0.3, 0.4) is 0 Å². The van der Waals surface area contributed by atoms with E-state index >= 15 is 0 Å². The van der Waals surface area contributed by atoms with E-state index in [-0.39, 0.29) is 22.9 Å². The van der Waals surface area contributed by atoms with Crippen LogP contribution in [0.15, 0.2) is 30.3 Å². The summed E-state index contributed by atoms with van der Waals surface area (Å²) in [5, 5.41) is 2.74. The zero-order valence-corrected chi connectivity index (χ0v) is 12.3. The van der Waals surface area contributed by atoms with Crippen LogP contribution >= 0.6 is 11.6 Å². The van der Waals surface area contributed by atoms with Crippen LogP contribution < -0.4 is 14.8 Å². The Morgan fingerprint density at radius 1 is 1.29 bits per heavy atom. The van der Waals surface area contributed by atoms with Gasteiger partial charge in [0, 0.05) is 11.6 Å². The molecule has 0 atom stereocenters. The molecule has 0 aliphatic carbocycles. The number of nitrogens with one attached hydrogen (secondary N) is 1. The number of aromatic nitrogens is 2. The van der Waals surface area contributed by atoms with Crippen molar-refractivity contribution in [1.29, 1.82) is 0 Å². The maximum Gasteiger partial charge on any atom is 0.258 e. The van der Waals surface area contributed by atoms with Crippen molar-refractivity contribution < 1.29 is 14.3 Å². The Hall–Kier alpha value is -2.34. The van der Waals surface area contributed by atoms with Gasteiger partial charge in [-0.15, -0.1) is 0 Å². The lowest BCUT2D eigenvalue weighted by atomic mass is 10.2. The highest BCUT2D eigenvalue weighted by molar-refractivity contribution is 6.29. The van der Waals surface area contributed by atoms with Gasteiger partial charge in [-0.3, -0.25) is 10.1 Å². The highest BCUT2D eigenvalue weighted by Crippen LogP contribution is 2.17. The highest BCUT2D eigenvalue weighted by Gasteiger charge is 2.10. The van der Waals surface area contributed by atoms with Crippen LogP contribution in [-0.4, -0.2) is 29.6 Å². The molecule has 1 heterocycles. The molecule has 1 N–H and O–H groups in total. The standard InChI is InChI=1S/C14H14ClN3O3/c1-3-21-10-6-4-9(5-7-10)13(19)18-14-16-11(15)8-12(17-14)20-2/h4-8H,3H2,1-2H3,(H,16,17,18,19). The molecular weight excluding hydrogens is 294 g/mol. The van der Waals surface area contributed by atoms with E-state index in [1.807, 2.05) is 6.92 Å². The van der Waals surface area contributed by atoms with Crippen molar-refractivity contribution >= 4 is 23.5 Å². The molecule has 0 spiro atoms. The van der Waals surface area contributed by atoms with Crippen LogP contribution in [0, 0.1) is 0 Å². The van der Waals surface area contributed by atoms with Gasteiger partial charge >= 0.3 is 0 Å². The summed E-state index contributed by atoms with van der Waals surface area (Å²) in [6.45, 7) is 2.46. The molecule has 1 amide bonds. The van der Waals surface area contributed by atoms with Crippen molar-refractivity contribution in [2.45, 2.75) is 6.92 Å². The smallest absolute Gasteiger partial charge is 0.258 e. The Bertz CT molecular complexity index is 632. The number of halogens is 1. The van der Waals surface area contributed by atoms with E-state index in [0.717, 1.165) is 0 Å². The summed E-state index contributed by atoms with van der Waals surface area (Å²) < 4.78 is 10.3. The summed E-state index contributed by atoms with van der Waals surface area (Å²) in [6.07, 6.45) is 0. The normalized spacial score (nSPS) is 10.0. The van der Waals surface area contributed by atoms with Gasteiger partial charge in [0.1, 0.15) is 10.9 Å². The minimum Gasteiger partial charge on any atom is -0.494 e. The van der Waals surface area contributed by atoms with E-state index in [1.165, 1.54) is 13.2 Å². The van der Waals surface area contributed by atoms with Crippen molar-refractivity contribution in [2.75, 3.05) is 19.0 Å². The first kappa shape index (κ1) is 15.1. The number of carbonyl (C=O) groups is 1. The quantitative estimate of drug-likeness (QED) is 0.860. The SMILES string of the molecule is CCOc1ccc(C(=O)Nc2nc(Cl)cc(OC)n2)cc1. The number of ether oxygens (including phenoxy) is 2. The summed E-state index contributed by atoms with van der Waals surface area (Å²) in [7, 11) is 1.46. The number of rotatable bonds is 5. The second-order valence-electron chi connectivity index (χ2n) is 3.97. The largest absolute Gasteiger partial charge is 0.494 e. The molecule has 2 aromatic rings. The Morgan fingerprint density at radius 3 is 2.62 bits per heavy atom. The molecule has 0 saturated heterocycles. The average Bonchev–Trinajstić information content (AvgIpc) is 2.47. The molecule has 1 aromatic carbocycles. The van der Waals surface area contributed by atoms with Gasteiger partial charge in [-0.2, -0.15) is 4.98 Å². The molecule has 1 aromatic heterocycles. The lowest BCUT2D eigenvalue weighted by Gasteiger charge is -2.07. The zero-order chi connectivity index (χ0) is 15.2. The molecular formula is C14H14ClN3O3. The number of nitrogens with zero attached hydrogens (tertiary/aromatic N) is 2. The van der Waals surface area contributed by atoms with Crippen LogP contribution in [0.5, 0.6) is 11.6 Å². The number of amides is 1. The lowest BCUT2D eigenvalue weighted by Crippen LogP contribution is -2.14. The van der Waals surface area contributed by atoms with Crippen molar-refractivity contribution in [2.24, 2.45) is 0 Å². The maximum atomic E-state index is 12.1. The third-order valence-electron chi connectivity index (χ3n) is 2.53. The monoisotopic (exact) mass is 307 g/mol. The fourth-order valence-electron chi connectivity index (χ4n) is 1.60. The van der Waals surface area contributed by atoms with Gasteiger partial charge in [0.15, 0.2) is 0 Å². The predicted molar refractivity (Wildman–Crippen MR) is 79.2 cm³/mol. The molecule has 0 bridgehead atoms. The lowest BCUT2D eigenvalue weighted by molar-refractivity contribution is 0.102. The van der Waals surface area contributed by atoms with Crippen LogP contribution in [-0.2, 0) is 0 Å². The first-order chi connectivity index (χ1) is 10.1. The molecule has 0 saturated carbocycles. The van der Waals surface area contributed by atoms with Crippen molar-refractivity contribution in [3.05, 3.63) is 41.0 Å². The Balaban J connectivity index is 2.12. The molecule has 21 heavy (non-hydrogen) atoms. The maximum absolute atomic E-state index is 12.1. The van der Waals surface area contributed by atoms with Crippen LogP contribution in [0.2, 0.25) is 5.15 Å². The number of methoxy groups -OCH3 is 1. The van der Waals surface area contributed by atoms with Gasteiger partial charge in [0.05, 0.1) is 13.7 Å². The number of hydrogen-bond donors (Lipinski definition) is 1. The molecule has 2 rings (SSSR count). The van der Waals surface area contributed by atoms with Crippen molar-refractivity contribution in [1.82, 2.24) is 9.97 Å². The number of carbonyl (C=O) groups excluding carboxylic acids is 1. The molecule has 0 unspecified atom stereocenters. The Morgan fingerprint density at radius 2 is 2.00 bits per heavy atom. The fourth-order valence-corrected chi connectivity index (χ4v) is 1.77. The second-order valence-corrected chi connectivity index (χ2v) is 4.36. The molecule has 0 aliphatic heterocycles. The molecule has 110 valence electrons. The average molecular weight is 308 g/mol. The van der Waals surface area contributed by atoms with Gasteiger partial charge in [-0.05, 0) is 31.2 Å². The molecule has 7 heteroatoms. The van der Waals surface area contributed by atoms with Gasteiger partial charge in [0.2, 0.25) is 11.8 Å². The van der Waals surface area contributed by atoms with E-state index in [9.17, 15) is 4.79 Å². The van der Waals surface area contributed by atoms with Gasteiger partial charge < -0.3 is 9.47 Å². The van der Waals surface area contributed by atoms with Crippen LogP contribution in [0.1, 0.15) is 17.3 Å². The van der Waals surface area contributed by atoms with E-state index in [0.29, 0.717) is 17.9 Å². The van der Waals surface area contributed by atoms with E-state index < -0.39 is 0 Å². The fraction of sp³-hybridized carbons (Fsp3) is 0.214. The molecule has 0 radical (unpaired) electrons. The number of benzene rings is 1. The molecule has 0 aliphatic rings. The van der Waals surface area contributed by atoms with Crippen molar-refractivity contribution in [3.8, 4) is 11.6 Å². The Kier molecular flexibility index (Phi) is 4.94. The van der Waals surface area contributed by atoms with E-state index in [4.69, 9.17) is 21.1 Å². The molecule has 6 nitrogen and oxygen atoms in total. The third kappa shape index (κ3) is 4.06.